The first-order valence-electron chi connectivity index (χ1n) is 11.2. The van der Waals surface area contributed by atoms with Crippen molar-refractivity contribution in [3.63, 3.8) is 0 Å². The van der Waals surface area contributed by atoms with Crippen molar-refractivity contribution in [2.24, 2.45) is 23.7 Å². The van der Waals surface area contributed by atoms with Gasteiger partial charge in [0.2, 0.25) is 12.1 Å². The van der Waals surface area contributed by atoms with Crippen LogP contribution in [0, 0.1) is 23.7 Å². The average Bonchev–Trinajstić information content (AvgIpc) is 2.98. The molecule has 5 aliphatic rings. The predicted molar refractivity (Wildman–Crippen MR) is 109 cm³/mol. The summed E-state index contributed by atoms with van der Waals surface area (Å²) in [6, 6.07) is 9.93. The van der Waals surface area contributed by atoms with Crippen LogP contribution in [0.15, 0.2) is 36.5 Å². The van der Waals surface area contributed by atoms with Gasteiger partial charge in [-0.3, -0.25) is 4.98 Å². The monoisotopic (exact) mass is 411 g/mol. The number of hydrogen-bond acceptors (Lipinski definition) is 6. The molecular formula is C24H29NO5. The Hall–Kier alpha value is -1.73. The molecule has 160 valence electrons. The van der Waals surface area contributed by atoms with Crippen molar-refractivity contribution in [2.75, 3.05) is 0 Å². The fourth-order valence-corrected chi connectivity index (χ4v) is 6.30. The molecule has 30 heavy (non-hydrogen) atoms. The van der Waals surface area contributed by atoms with Crippen molar-refractivity contribution in [2.45, 2.75) is 70.4 Å². The average molecular weight is 411 g/mol. The molecule has 5 heterocycles. The molecule has 2 bridgehead atoms. The van der Waals surface area contributed by atoms with E-state index in [2.05, 4.69) is 18.8 Å². The largest absolute Gasteiger partial charge is 0.464 e. The van der Waals surface area contributed by atoms with Crippen LogP contribution in [0.2, 0.25) is 0 Å². The minimum atomic E-state index is -0.772. The standard InChI is InChI=1S/C24H29NO5/c1-14-8-9-18-15(2)21(26-20-11-13-25-19-7-5-4-6-16(19)20)27-22-24(18)17(14)10-12-23(3,28-22)29-30-24/h4-7,11,13-15,17-18,21-22H,8-10,12H2,1-3H3/t14-,15-,17+,18+,21+,22-,23-,24-/m1/s1. The number of nitrogens with zero attached hydrogens (tertiary/aromatic N) is 1. The highest BCUT2D eigenvalue weighted by Gasteiger charge is 2.69. The molecule has 2 aromatic rings. The maximum atomic E-state index is 6.54. The highest BCUT2D eigenvalue weighted by atomic mass is 17.3. The molecule has 8 atom stereocenters. The van der Waals surface area contributed by atoms with Gasteiger partial charge in [-0.15, -0.1) is 0 Å². The molecule has 1 aliphatic carbocycles. The highest BCUT2D eigenvalue weighted by molar-refractivity contribution is 5.84. The van der Waals surface area contributed by atoms with Crippen LogP contribution in [0.3, 0.4) is 0 Å². The van der Waals surface area contributed by atoms with Crippen molar-refractivity contribution in [3.8, 4) is 5.75 Å². The number of pyridine rings is 1. The van der Waals surface area contributed by atoms with Gasteiger partial charge in [0.15, 0.2) is 11.9 Å². The molecule has 1 aromatic carbocycles. The Morgan fingerprint density at radius 2 is 1.90 bits per heavy atom. The van der Waals surface area contributed by atoms with E-state index >= 15 is 0 Å². The lowest BCUT2D eigenvalue weighted by molar-refractivity contribution is -0.575. The summed E-state index contributed by atoms with van der Waals surface area (Å²) in [6.07, 6.45) is 4.94. The number of para-hydroxylation sites is 1. The zero-order valence-corrected chi connectivity index (χ0v) is 17.7. The van der Waals surface area contributed by atoms with Gasteiger partial charge < -0.3 is 14.2 Å². The van der Waals surface area contributed by atoms with Crippen molar-refractivity contribution in [3.05, 3.63) is 36.5 Å². The van der Waals surface area contributed by atoms with E-state index < -0.39 is 24.0 Å². The Morgan fingerprint density at radius 1 is 1.03 bits per heavy atom. The van der Waals surface area contributed by atoms with Gasteiger partial charge in [-0.1, -0.05) is 26.0 Å². The molecule has 7 rings (SSSR count). The molecule has 0 radical (unpaired) electrons. The maximum absolute atomic E-state index is 6.54. The van der Waals surface area contributed by atoms with Crippen LogP contribution in [-0.4, -0.2) is 29.0 Å². The van der Waals surface area contributed by atoms with Crippen molar-refractivity contribution in [1.29, 1.82) is 0 Å². The minimum Gasteiger partial charge on any atom is -0.464 e. The third-order valence-electron chi connectivity index (χ3n) is 7.95. The third-order valence-corrected chi connectivity index (χ3v) is 7.95. The van der Waals surface area contributed by atoms with Crippen molar-refractivity contribution >= 4 is 10.9 Å². The van der Waals surface area contributed by atoms with E-state index in [4.69, 9.17) is 24.0 Å². The summed E-state index contributed by atoms with van der Waals surface area (Å²) in [5, 5.41) is 0.987. The first-order valence-corrected chi connectivity index (χ1v) is 11.2. The fraction of sp³-hybridized carbons (Fsp3) is 0.625. The van der Waals surface area contributed by atoms with Crippen LogP contribution in [0.25, 0.3) is 10.9 Å². The van der Waals surface area contributed by atoms with Gasteiger partial charge in [-0.25, -0.2) is 9.78 Å². The summed E-state index contributed by atoms with van der Waals surface area (Å²) in [5.41, 5.74) is 0.350. The Labute approximate surface area is 176 Å². The Bertz CT molecular complexity index is 962. The molecule has 1 saturated carbocycles. The zero-order chi connectivity index (χ0) is 20.5. The molecule has 0 amide bonds. The Morgan fingerprint density at radius 3 is 2.80 bits per heavy atom. The lowest BCUT2D eigenvalue weighted by atomic mass is 9.58. The second-order valence-electron chi connectivity index (χ2n) is 9.72. The topological polar surface area (TPSA) is 59.0 Å². The summed E-state index contributed by atoms with van der Waals surface area (Å²) < 4.78 is 19.4. The van der Waals surface area contributed by atoms with Gasteiger partial charge in [0.1, 0.15) is 5.75 Å². The quantitative estimate of drug-likeness (QED) is 0.660. The van der Waals surface area contributed by atoms with E-state index in [1.807, 2.05) is 37.3 Å². The smallest absolute Gasteiger partial charge is 0.205 e. The lowest BCUT2D eigenvalue weighted by Gasteiger charge is -2.60. The third kappa shape index (κ3) is 2.60. The molecule has 4 saturated heterocycles. The van der Waals surface area contributed by atoms with E-state index in [9.17, 15) is 0 Å². The second kappa shape index (κ2) is 6.63. The van der Waals surface area contributed by atoms with Gasteiger partial charge in [-0.2, -0.15) is 0 Å². The number of benzene rings is 1. The minimum absolute atomic E-state index is 0.137. The molecule has 6 heteroatoms. The van der Waals surface area contributed by atoms with E-state index in [-0.39, 0.29) is 11.8 Å². The van der Waals surface area contributed by atoms with Gasteiger partial charge in [0.05, 0.1) is 5.52 Å². The summed E-state index contributed by atoms with van der Waals surface area (Å²) in [5.74, 6) is 1.31. The van der Waals surface area contributed by atoms with Crippen LogP contribution in [-0.2, 0) is 19.2 Å². The highest BCUT2D eigenvalue weighted by Crippen LogP contribution is 2.60. The second-order valence-corrected chi connectivity index (χ2v) is 9.72. The molecular weight excluding hydrogens is 382 g/mol. The normalized spacial score (nSPS) is 45.0. The van der Waals surface area contributed by atoms with Crippen LogP contribution >= 0.6 is 0 Å². The molecule has 5 fully saturated rings. The molecule has 0 N–H and O–H groups in total. The van der Waals surface area contributed by atoms with Crippen LogP contribution in [0.1, 0.15) is 46.5 Å². The lowest BCUT2D eigenvalue weighted by Crippen LogP contribution is -2.70. The number of hydrogen-bond donors (Lipinski definition) is 0. The summed E-state index contributed by atoms with van der Waals surface area (Å²) >= 11 is 0. The molecule has 6 nitrogen and oxygen atoms in total. The van der Waals surface area contributed by atoms with Crippen molar-refractivity contribution in [1.82, 2.24) is 4.98 Å². The zero-order valence-electron chi connectivity index (χ0n) is 17.7. The number of fused-ring (bicyclic) bond motifs is 3. The maximum Gasteiger partial charge on any atom is 0.205 e. The number of rotatable bonds is 2. The first-order chi connectivity index (χ1) is 14.5. The van der Waals surface area contributed by atoms with Crippen LogP contribution in [0.4, 0.5) is 0 Å². The van der Waals surface area contributed by atoms with E-state index in [1.54, 1.807) is 6.20 Å². The van der Waals surface area contributed by atoms with Gasteiger partial charge in [-0.05, 0) is 56.2 Å². The van der Waals surface area contributed by atoms with Gasteiger partial charge in [0, 0.05) is 29.8 Å². The molecule has 1 spiro atoms. The van der Waals surface area contributed by atoms with E-state index in [0.29, 0.717) is 11.8 Å². The van der Waals surface area contributed by atoms with Crippen molar-refractivity contribution < 1.29 is 24.0 Å². The van der Waals surface area contributed by atoms with E-state index in [1.165, 1.54) is 6.42 Å². The summed E-state index contributed by atoms with van der Waals surface area (Å²) in [4.78, 5) is 16.5. The number of ether oxygens (including phenoxy) is 3. The SMILES string of the molecule is C[C@H]1[C@@H](Oc2ccnc3ccccc23)O[C@@H]2O[C@@]3(C)CC[C@H]4[C@H](C)CC[C@@H]1[C@@]24OO3. The molecule has 4 aliphatic heterocycles. The molecule has 1 aromatic heterocycles. The van der Waals surface area contributed by atoms with Crippen LogP contribution < -0.4 is 4.74 Å². The van der Waals surface area contributed by atoms with Gasteiger partial charge in [0.25, 0.3) is 0 Å². The first kappa shape index (κ1) is 19.0. The van der Waals surface area contributed by atoms with Gasteiger partial charge >= 0.3 is 0 Å². The summed E-state index contributed by atoms with van der Waals surface area (Å²) in [6.45, 7) is 6.48. The Balaban J connectivity index is 1.38. The van der Waals surface area contributed by atoms with Crippen LogP contribution in [0.5, 0.6) is 5.75 Å². The number of aromatic nitrogens is 1. The summed E-state index contributed by atoms with van der Waals surface area (Å²) in [7, 11) is 0. The fourth-order valence-electron chi connectivity index (χ4n) is 6.30. The molecule has 0 unspecified atom stereocenters. The predicted octanol–water partition coefficient (Wildman–Crippen LogP) is 4.82. The Kier molecular flexibility index (Phi) is 4.20. The van der Waals surface area contributed by atoms with E-state index in [0.717, 1.165) is 35.9 Å².